The van der Waals surface area contributed by atoms with Crippen molar-refractivity contribution in [3.8, 4) is 0 Å². The molecule has 2 aromatic carbocycles. The first kappa shape index (κ1) is 17.6. The Bertz CT molecular complexity index is 863. The van der Waals surface area contributed by atoms with Crippen LogP contribution in [0.1, 0.15) is 5.56 Å². The van der Waals surface area contributed by atoms with Gasteiger partial charge in [-0.15, -0.1) is 0 Å². The van der Waals surface area contributed by atoms with Gasteiger partial charge >= 0.3 is 0 Å². The highest BCUT2D eigenvalue weighted by molar-refractivity contribution is 7.90. The van der Waals surface area contributed by atoms with Crippen LogP contribution in [0.3, 0.4) is 0 Å². The highest BCUT2D eigenvalue weighted by atomic mass is 32.2. The van der Waals surface area contributed by atoms with Gasteiger partial charge in [-0.2, -0.15) is 0 Å². The van der Waals surface area contributed by atoms with Gasteiger partial charge in [0.1, 0.15) is 0 Å². The van der Waals surface area contributed by atoms with Crippen molar-refractivity contribution in [1.82, 2.24) is 9.44 Å². The smallest absolute Gasteiger partial charge is 0.214 e. The van der Waals surface area contributed by atoms with Crippen LogP contribution in [-0.2, 0) is 26.5 Å². The largest absolute Gasteiger partial charge is 0.240 e. The molecule has 8 heteroatoms. The minimum absolute atomic E-state index is 0.0816. The van der Waals surface area contributed by atoms with Crippen LogP contribution in [0.5, 0.6) is 0 Å². The molecule has 0 atom stereocenters. The van der Waals surface area contributed by atoms with Crippen molar-refractivity contribution >= 4 is 20.0 Å². The molecule has 0 radical (unpaired) electrons. The lowest BCUT2D eigenvalue weighted by Crippen LogP contribution is -2.26. The maximum Gasteiger partial charge on any atom is 0.240 e. The number of sulfonamides is 2. The molecule has 2 aromatic rings. The summed E-state index contributed by atoms with van der Waals surface area (Å²) in [4.78, 5) is -0.173. The first-order chi connectivity index (χ1) is 10.8. The molecule has 0 aliphatic heterocycles. The summed E-state index contributed by atoms with van der Waals surface area (Å²) in [6.45, 7) is 0.232. The summed E-state index contributed by atoms with van der Waals surface area (Å²) in [5.41, 5.74) is 1.02. The van der Waals surface area contributed by atoms with Crippen molar-refractivity contribution in [2.75, 3.05) is 13.6 Å². The Morgan fingerprint density at radius 1 is 0.826 bits per heavy atom. The molecule has 0 aliphatic carbocycles. The van der Waals surface area contributed by atoms with E-state index in [9.17, 15) is 16.8 Å². The molecule has 0 bridgehead atoms. The van der Waals surface area contributed by atoms with Crippen LogP contribution in [0.15, 0.2) is 64.4 Å². The topological polar surface area (TPSA) is 92.3 Å². The summed E-state index contributed by atoms with van der Waals surface area (Å²) in [5, 5.41) is 0. The van der Waals surface area contributed by atoms with Crippen LogP contribution < -0.4 is 9.44 Å². The van der Waals surface area contributed by atoms with Crippen molar-refractivity contribution in [2.45, 2.75) is 16.2 Å². The lowest BCUT2D eigenvalue weighted by Gasteiger charge is -2.09. The van der Waals surface area contributed by atoms with Crippen LogP contribution in [0.4, 0.5) is 0 Å². The second-order valence-corrected chi connectivity index (χ2v) is 8.47. The first-order valence-corrected chi connectivity index (χ1v) is 9.89. The molecule has 2 N–H and O–H groups in total. The molecule has 23 heavy (non-hydrogen) atoms. The molecule has 2 rings (SSSR count). The molecular weight excluding hydrogens is 336 g/mol. The van der Waals surface area contributed by atoms with Crippen molar-refractivity contribution in [1.29, 1.82) is 0 Å². The number of nitrogens with one attached hydrogen (secondary N) is 2. The third-order valence-electron chi connectivity index (χ3n) is 3.24. The van der Waals surface area contributed by atoms with Gasteiger partial charge in [-0.25, -0.2) is 26.3 Å². The zero-order chi connectivity index (χ0) is 16.9. The fraction of sp³-hybridized carbons (Fsp3) is 0.200. The van der Waals surface area contributed by atoms with E-state index >= 15 is 0 Å². The maximum absolute atomic E-state index is 12.3. The van der Waals surface area contributed by atoms with E-state index in [1.807, 2.05) is 30.3 Å². The first-order valence-electron chi connectivity index (χ1n) is 6.92. The van der Waals surface area contributed by atoms with E-state index in [2.05, 4.69) is 9.44 Å². The van der Waals surface area contributed by atoms with Gasteiger partial charge in [0, 0.05) is 6.54 Å². The molecule has 0 heterocycles. The van der Waals surface area contributed by atoms with Gasteiger partial charge in [0.05, 0.1) is 9.79 Å². The quantitative estimate of drug-likeness (QED) is 0.779. The average molecular weight is 354 g/mol. The fourth-order valence-corrected chi connectivity index (χ4v) is 3.91. The Hall–Kier alpha value is -1.74. The normalized spacial score (nSPS) is 12.2. The molecule has 6 nitrogen and oxygen atoms in total. The molecular formula is C15H18N2O4S2. The van der Waals surface area contributed by atoms with Gasteiger partial charge in [0.2, 0.25) is 20.0 Å². The summed E-state index contributed by atoms with van der Waals surface area (Å²) in [6.07, 6.45) is 0.550. The molecule has 124 valence electrons. The van der Waals surface area contributed by atoms with E-state index in [1.165, 1.54) is 25.2 Å². The lowest BCUT2D eigenvalue weighted by atomic mass is 10.2. The second kappa shape index (κ2) is 7.22. The number of hydrogen-bond donors (Lipinski definition) is 2. The molecule has 0 aromatic heterocycles. The molecule has 0 amide bonds. The highest BCUT2D eigenvalue weighted by Gasteiger charge is 2.18. The van der Waals surface area contributed by atoms with Crippen LogP contribution in [0.25, 0.3) is 0 Å². The van der Waals surface area contributed by atoms with Gasteiger partial charge in [0.15, 0.2) is 0 Å². The van der Waals surface area contributed by atoms with E-state index in [0.29, 0.717) is 6.42 Å². The predicted octanol–water partition coefficient (Wildman–Crippen LogP) is 1.12. The Morgan fingerprint density at radius 3 is 2.04 bits per heavy atom. The SMILES string of the molecule is CNS(=O)(=O)c1cccc(S(=O)(=O)NCCc2ccccc2)c1. The summed E-state index contributed by atoms with van der Waals surface area (Å²) in [7, 11) is -6.18. The lowest BCUT2D eigenvalue weighted by molar-refractivity contribution is 0.581. The number of hydrogen-bond acceptors (Lipinski definition) is 4. The Labute approximate surface area is 136 Å². The Kier molecular flexibility index (Phi) is 5.53. The van der Waals surface area contributed by atoms with E-state index in [-0.39, 0.29) is 16.3 Å². The molecule has 0 aliphatic rings. The summed E-state index contributed by atoms with van der Waals surface area (Å²) in [5.74, 6) is 0. The monoisotopic (exact) mass is 354 g/mol. The van der Waals surface area contributed by atoms with E-state index in [4.69, 9.17) is 0 Å². The van der Waals surface area contributed by atoms with Gasteiger partial charge in [0.25, 0.3) is 0 Å². The van der Waals surface area contributed by atoms with Gasteiger partial charge in [-0.1, -0.05) is 36.4 Å². The van der Waals surface area contributed by atoms with Crippen LogP contribution in [0, 0.1) is 0 Å². The van der Waals surface area contributed by atoms with Crippen molar-refractivity contribution in [2.24, 2.45) is 0 Å². The maximum atomic E-state index is 12.3. The van der Waals surface area contributed by atoms with Crippen molar-refractivity contribution in [3.05, 3.63) is 60.2 Å². The van der Waals surface area contributed by atoms with E-state index < -0.39 is 20.0 Å². The highest BCUT2D eigenvalue weighted by Crippen LogP contribution is 2.15. The predicted molar refractivity (Wildman–Crippen MR) is 88.0 cm³/mol. The van der Waals surface area contributed by atoms with E-state index in [1.54, 1.807) is 0 Å². The fourth-order valence-electron chi connectivity index (χ4n) is 1.98. The Balaban J connectivity index is 2.12. The van der Waals surface area contributed by atoms with Gasteiger partial charge in [-0.05, 0) is 37.2 Å². The molecule has 0 fully saturated rings. The molecule has 0 unspecified atom stereocenters. The molecule has 0 saturated heterocycles. The average Bonchev–Trinajstić information content (AvgIpc) is 2.56. The van der Waals surface area contributed by atoms with E-state index in [0.717, 1.165) is 11.6 Å². The minimum atomic E-state index is -3.76. The number of rotatable bonds is 7. The standard InChI is InChI=1S/C15H18N2O4S2/c1-16-22(18,19)14-8-5-9-15(12-14)23(20,21)17-11-10-13-6-3-2-4-7-13/h2-9,12,16-17H,10-11H2,1H3. The van der Waals surface area contributed by atoms with Crippen LogP contribution in [-0.4, -0.2) is 30.4 Å². The van der Waals surface area contributed by atoms with Crippen molar-refractivity contribution in [3.63, 3.8) is 0 Å². The summed E-state index contributed by atoms with van der Waals surface area (Å²) >= 11 is 0. The third kappa shape index (κ3) is 4.61. The molecule has 0 saturated carbocycles. The van der Waals surface area contributed by atoms with Crippen LogP contribution >= 0.6 is 0 Å². The number of benzene rings is 2. The molecule has 0 spiro atoms. The van der Waals surface area contributed by atoms with Crippen LogP contribution in [0.2, 0.25) is 0 Å². The third-order valence-corrected chi connectivity index (χ3v) is 6.11. The van der Waals surface area contributed by atoms with Crippen molar-refractivity contribution < 1.29 is 16.8 Å². The zero-order valence-electron chi connectivity index (χ0n) is 12.6. The van der Waals surface area contributed by atoms with Gasteiger partial charge in [-0.3, -0.25) is 0 Å². The minimum Gasteiger partial charge on any atom is -0.214 e. The zero-order valence-corrected chi connectivity index (χ0v) is 14.2. The summed E-state index contributed by atoms with van der Waals surface area (Å²) in [6, 6.07) is 14.7. The Morgan fingerprint density at radius 2 is 1.43 bits per heavy atom. The van der Waals surface area contributed by atoms with Gasteiger partial charge < -0.3 is 0 Å². The summed E-state index contributed by atoms with van der Waals surface area (Å²) < 4.78 is 52.7. The second-order valence-electron chi connectivity index (χ2n) is 4.82.